The van der Waals surface area contributed by atoms with E-state index in [0.717, 1.165) is 38.8 Å². The number of carbonyl (C=O) groups excluding carboxylic acids is 1. The van der Waals surface area contributed by atoms with E-state index in [-0.39, 0.29) is 11.0 Å². The number of fused-ring (bicyclic) bond motifs is 3. The van der Waals surface area contributed by atoms with Gasteiger partial charge in [-0.15, -0.1) is 0 Å². The second kappa shape index (κ2) is 3.87. The van der Waals surface area contributed by atoms with Gasteiger partial charge in [-0.3, -0.25) is 4.79 Å². The van der Waals surface area contributed by atoms with Gasteiger partial charge in [0.1, 0.15) is 5.78 Å². The van der Waals surface area contributed by atoms with Crippen LogP contribution in [0.15, 0.2) is 0 Å². The van der Waals surface area contributed by atoms with E-state index in [1.54, 1.807) is 7.11 Å². The van der Waals surface area contributed by atoms with Crippen LogP contribution in [0.3, 0.4) is 0 Å². The maximum absolute atomic E-state index is 12.1. The van der Waals surface area contributed by atoms with Crippen molar-refractivity contribution < 1.29 is 9.53 Å². The van der Waals surface area contributed by atoms with Crippen molar-refractivity contribution in [3.63, 3.8) is 0 Å². The Labute approximate surface area is 91.6 Å². The first kappa shape index (κ1) is 11.1. The number of hydrogen-bond acceptors (Lipinski definition) is 3. The first-order chi connectivity index (χ1) is 7.16. The highest BCUT2D eigenvalue weighted by atomic mass is 16.5. The summed E-state index contributed by atoms with van der Waals surface area (Å²) < 4.78 is 5.54. The fourth-order valence-electron chi connectivity index (χ4n) is 3.04. The summed E-state index contributed by atoms with van der Waals surface area (Å²) in [5.74, 6) is 0.419. The second-order valence-electron chi connectivity index (χ2n) is 5.05. The highest BCUT2D eigenvalue weighted by Gasteiger charge is 2.53. The fourth-order valence-corrected chi connectivity index (χ4v) is 3.04. The van der Waals surface area contributed by atoms with E-state index in [4.69, 9.17) is 4.74 Å². The molecule has 3 rings (SSSR count). The zero-order valence-electron chi connectivity index (χ0n) is 9.77. The van der Waals surface area contributed by atoms with Crippen LogP contribution < -0.4 is 5.32 Å². The van der Waals surface area contributed by atoms with E-state index >= 15 is 0 Å². The van der Waals surface area contributed by atoms with E-state index in [1.807, 2.05) is 0 Å². The molecule has 3 nitrogen and oxygen atoms in total. The number of hydrogen-bond donors (Lipinski definition) is 1. The molecule has 0 amide bonds. The van der Waals surface area contributed by atoms with Crippen molar-refractivity contribution in [3.05, 3.63) is 0 Å². The van der Waals surface area contributed by atoms with Gasteiger partial charge in [-0.25, -0.2) is 0 Å². The smallest absolute Gasteiger partial charge is 0.143 e. The number of carbonyl (C=O) groups is 1. The minimum Gasteiger partial charge on any atom is -0.378 e. The molecular formula is C12H21NO2. The number of Topliss-reactive ketones (excluding diaryl/α,β-unsaturated/α-hetero) is 1. The van der Waals surface area contributed by atoms with E-state index in [1.165, 1.54) is 0 Å². The van der Waals surface area contributed by atoms with E-state index in [9.17, 15) is 4.79 Å². The number of ketones is 1. The molecule has 0 aromatic heterocycles. The van der Waals surface area contributed by atoms with Crippen molar-refractivity contribution >= 4 is 5.78 Å². The predicted octanol–water partition coefficient (Wildman–Crippen LogP) is 1.51. The van der Waals surface area contributed by atoms with Crippen LogP contribution in [-0.4, -0.2) is 31.6 Å². The molecule has 86 valence electrons. The fraction of sp³-hybridized carbons (Fsp3) is 0.917. The van der Waals surface area contributed by atoms with Crippen LogP contribution in [0.4, 0.5) is 0 Å². The molecule has 0 radical (unpaired) electrons. The SMILES string of the molecule is CCNCC12CCC(OC)(CC1)CC2=O. The maximum atomic E-state index is 12.1. The van der Waals surface area contributed by atoms with Crippen LogP contribution in [0.25, 0.3) is 0 Å². The highest BCUT2D eigenvalue weighted by molar-refractivity contribution is 5.88. The van der Waals surface area contributed by atoms with Gasteiger partial charge < -0.3 is 10.1 Å². The van der Waals surface area contributed by atoms with Crippen molar-refractivity contribution in [2.45, 2.75) is 44.6 Å². The van der Waals surface area contributed by atoms with Crippen molar-refractivity contribution in [2.75, 3.05) is 20.2 Å². The summed E-state index contributed by atoms with van der Waals surface area (Å²) >= 11 is 0. The molecule has 0 aromatic carbocycles. The molecule has 3 fully saturated rings. The third-order valence-corrected chi connectivity index (χ3v) is 4.34. The van der Waals surface area contributed by atoms with Crippen LogP contribution in [0.5, 0.6) is 0 Å². The second-order valence-corrected chi connectivity index (χ2v) is 5.05. The van der Waals surface area contributed by atoms with Gasteiger partial charge in [0.05, 0.1) is 5.60 Å². The lowest BCUT2D eigenvalue weighted by Gasteiger charge is -2.51. The molecule has 3 aliphatic carbocycles. The molecule has 1 N–H and O–H groups in total. The number of methoxy groups -OCH3 is 1. The molecule has 15 heavy (non-hydrogen) atoms. The van der Waals surface area contributed by atoms with Crippen molar-refractivity contribution in [3.8, 4) is 0 Å². The minimum absolute atomic E-state index is 0.0592. The Morgan fingerprint density at radius 1 is 1.33 bits per heavy atom. The summed E-state index contributed by atoms with van der Waals surface area (Å²) in [5, 5.41) is 3.33. The zero-order chi connectivity index (χ0) is 10.9. The van der Waals surface area contributed by atoms with Crippen LogP contribution >= 0.6 is 0 Å². The number of ether oxygens (including phenoxy) is 1. The van der Waals surface area contributed by atoms with Gasteiger partial charge in [-0.2, -0.15) is 0 Å². The van der Waals surface area contributed by atoms with Gasteiger partial charge in [0.2, 0.25) is 0 Å². The van der Waals surface area contributed by atoms with Gasteiger partial charge in [-0.1, -0.05) is 6.92 Å². The Morgan fingerprint density at radius 3 is 2.47 bits per heavy atom. The summed E-state index contributed by atoms with van der Waals surface area (Å²) in [7, 11) is 1.75. The summed E-state index contributed by atoms with van der Waals surface area (Å²) in [6, 6.07) is 0. The topological polar surface area (TPSA) is 38.3 Å². The number of nitrogens with one attached hydrogen (secondary N) is 1. The van der Waals surface area contributed by atoms with Crippen LogP contribution in [0, 0.1) is 5.41 Å². The molecule has 0 aromatic rings. The van der Waals surface area contributed by atoms with Crippen LogP contribution in [0.2, 0.25) is 0 Å². The molecule has 0 aliphatic heterocycles. The average molecular weight is 211 g/mol. The third kappa shape index (κ3) is 1.72. The van der Waals surface area contributed by atoms with Crippen molar-refractivity contribution in [2.24, 2.45) is 5.41 Å². The summed E-state index contributed by atoms with van der Waals surface area (Å²) in [6.07, 6.45) is 4.76. The Balaban J connectivity index is 2.09. The summed E-state index contributed by atoms with van der Waals surface area (Å²) in [4.78, 5) is 12.1. The third-order valence-electron chi connectivity index (χ3n) is 4.34. The first-order valence-electron chi connectivity index (χ1n) is 5.96. The quantitative estimate of drug-likeness (QED) is 0.766. The zero-order valence-corrected chi connectivity index (χ0v) is 9.77. The minimum atomic E-state index is -0.106. The molecule has 0 spiro atoms. The molecule has 2 bridgehead atoms. The predicted molar refractivity (Wildman–Crippen MR) is 58.8 cm³/mol. The lowest BCUT2D eigenvalue weighted by molar-refractivity contribution is -0.158. The van der Waals surface area contributed by atoms with Crippen LogP contribution in [0.1, 0.15) is 39.0 Å². The van der Waals surface area contributed by atoms with E-state index in [0.29, 0.717) is 12.2 Å². The lowest BCUT2D eigenvalue weighted by atomic mass is 9.57. The lowest BCUT2D eigenvalue weighted by Crippen LogP contribution is -2.56. The van der Waals surface area contributed by atoms with Gasteiger partial charge in [0.15, 0.2) is 0 Å². The molecule has 0 heterocycles. The Bertz CT molecular complexity index is 254. The Kier molecular flexibility index (Phi) is 2.86. The standard InChI is InChI=1S/C12H21NO2/c1-3-13-9-11-4-6-12(15-2,7-5-11)8-10(11)14/h13H,3-9H2,1-2H3. The molecular weight excluding hydrogens is 190 g/mol. The Hall–Kier alpha value is -0.410. The van der Waals surface area contributed by atoms with Crippen molar-refractivity contribution in [1.29, 1.82) is 0 Å². The first-order valence-corrected chi connectivity index (χ1v) is 5.96. The van der Waals surface area contributed by atoms with E-state index in [2.05, 4.69) is 12.2 Å². The number of rotatable bonds is 4. The van der Waals surface area contributed by atoms with Crippen LogP contribution in [-0.2, 0) is 9.53 Å². The highest BCUT2D eigenvalue weighted by Crippen LogP contribution is 2.51. The Morgan fingerprint density at radius 2 is 2.00 bits per heavy atom. The van der Waals surface area contributed by atoms with Gasteiger partial charge >= 0.3 is 0 Å². The van der Waals surface area contributed by atoms with Gasteiger partial charge in [0.25, 0.3) is 0 Å². The summed E-state index contributed by atoms with van der Waals surface area (Å²) in [6.45, 7) is 3.90. The molecule has 3 aliphatic rings. The molecule has 0 atom stereocenters. The normalized spacial score (nSPS) is 39.7. The molecule has 3 saturated carbocycles. The summed E-state index contributed by atoms with van der Waals surface area (Å²) in [5.41, 5.74) is -0.165. The maximum Gasteiger partial charge on any atom is 0.143 e. The largest absolute Gasteiger partial charge is 0.378 e. The average Bonchev–Trinajstić information content (AvgIpc) is 2.28. The van der Waals surface area contributed by atoms with Gasteiger partial charge in [0, 0.05) is 25.5 Å². The monoisotopic (exact) mass is 211 g/mol. The molecule has 3 heteroatoms. The van der Waals surface area contributed by atoms with Gasteiger partial charge in [-0.05, 0) is 32.2 Å². The molecule has 0 unspecified atom stereocenters. The molecule has 0 saturated heterocycles. The van der Waals surface area contributed by atoms with E-state index < -0.39 is 0 Å². The van der Waals surface area contributed by atoms with Crippen molar-refractivity contribution in [1.82, 2.24) is 5.32 Å².